The number of hydrogen-bond donors (Lipinski definition) is 2. The number of thiophene rings is 1. The van der Waals surface area contributed by atoms with Gasteiger partial charge in [-0.15, -0.1) is 22.7 Å². The van der Waals surface area contributed by atoms with Gasteiger partial charge in [-0.3, -0.25) is 14.9 Å². The van der Waals surface area contributed by atoms with Crippen LogP contribution in [0.4, 0.5) is 10.5 Å². The largest absolute Gasteiger partial charge is 0.436 e. The van der Waals surface area contributed by atoms with E-state index in [0.717, 1.165) is 21.0 Å². The van der Waals surface area contributed by atoms with Gasteiger partial charge >= 0.3 is 6.09 Å². The standard InChI is InChI=1S/C25H22N4O5S2/c26-25(31)34-21(14-16-5-2-1-3-6-16)23(30)27-19(13-17-8-10-18(11-9-17)29(32)33)20-15-36-24(28-20)22-7-4-12-35-22/h1-12,15,19,21H,13-14H2,(H2,26,31)(H,27,30)/t19-,21?/m0/s1. The zero-order valence-corrected chi connectivity index (χ0v) is 20.5. The van der Waals surface area contributed by atoms with E-state index in [0.29, 0.717) is 12.1 Å². The maximum Gasteiger partial charge on any atom is 0.405 e. The van der Waals surface area contributed by atoms with Gasteiger partial charge in [0.2, 0.25) is 0 Å². The molecule has 36 heavy (non-hydrogen) atoms. The summed E-state index contributed by atoms with van der Waals surface area (Å²) in [5, 5.41) is 18.6. The Kier molecular flexibility index (Phi) is 8.03. The quantitative estimate of drug-likeness (QED) is 0.225. The Balaban J connectivity index is 1.59. The van der Waals surface area contributed by atoms with Crippen LogP contribution in [0.2, 0.25) is 0 Å². The van der Waals surface area contributed by atoms with Crippen LogP contribution < -0.4 is 11.1 Å². The number of nitrogens with zero attached hydrogens (tertiary/aromatic N) is 2. The van der Waals surface area contributed by atoms with Crippen LogP contribution in [-0.2, 0) is 22.4 Å². The van der Waals surface area contributed by atoms with E-state index in [-0.39, 0.29) is 12.1 Å². The maximum absolute atomic E-state index is 13.3. The summed E-state index contributed by atoms with van der Waals surface area (Å²) in [6.45, 7) is 0. The van der Waals surface area contributed by atoms with Crippen LogP contribution in [-0.4, -0.2) is 28.0 Å². The van der Waals surface area contributed by atoms with Crippen LogP contribution in [0, 0.1) is 10.1 Å². The van der Waals surface area contributed by atoms with E-state index >= 15 is 0 Å². The molecule has 2 heterocycles. The number of amides is 2. The van der Waals surface area contributed by atoms with Gasteiger partial charge in [0.15, 0.2) is 6.10 Å². The highest BCUT2D eigenvalue weighted by Gasteiger charge is 2.27. The number of non-ortho nitro benzene ring substituents is 1. The Morgan fingerprint density at radius 1 is 1.00 bits per heavy atom. The molecule has 0 aliphatic heterocycles. The Labute approximate surface area is 214 Å². The molecule has 2 aromatic carbocycles. The van der Waals surface area contributed by atoms with Gasteiger partial charge < -0.3 is 15.8 Å². The fraction of sp³-hybridized carbons (Fsp3) is 0.160. The van der Waals surface area contributed by atoms with Gasteiger partial charge in [0.1, 0.15) is 5.01 Å². The predicted octanol–water partition coefficient (Wildman–Crippen LogP) is 4.89. The summed E-state index contributed by atoms with van der Waals surface area (Å²) >= 11 is 3.02. The molecule has 0 spiro atoms. The first kappa shape index (κ1) is 25.0. The molecule has 184 valence electrons. The van der Waals surface area contributed by atoms with Crippen molar-refractivity contribution in [1.29, 1.82) is 0 Å². The fourth-order valence-corrected chi connectivity index (χ4v) is 5.29. The van der Waals surface area contributed by atoms with Crippen molar-refractivity contribution in [3.8, 4) is 9.88 Å². The van der Waals surface area contributed by atoms with Crippen molar-refractivity contribution >= 4 is 40.4 Å². The SMILES string of the molecule is NC(=O)OC(Cc1ccccc1)C(=O)N[C@@H](Cc1ccc([N+](=O)[O-])cc1)c1csc(-c2cccs2)n1. The lowest BCUT2D eigenvalue weighted by atomic mass is 10.0. The van der Waals surface area contributed by atoms with Crippen LogP contribution in [0.25, 0.3) is 9.88 Å². The fourth-order valence-electron chi connectivity index (χ4n) is 3.60. The number of thiazole rings is 1. The van der Waals surface area contributed by atoms with Crippen molar-refractivity contribution in [3.63, 3.8) is 0 Å². The van der Waals surface area contributed by atoms with E-state index in [1.165, 1.54) is 23.5 Å². The molecule has 2 amide bonds. The summed E-state index contributed by atoms with van der Waals surface area (Å²) < 4.78 is 5.14. The Hall–Kier alpha value is -4.09. The van der Waals surface area contributed by atoms with Crippen molar-refractivity contribution in [3.05, 3.63) is 104 Å². The smallest absolute Gasteiger partial charge is 0.405 e. The van der Waals surface area contributed by atoms with Gasteiger partial charge in [0, 0.05) is 23.9 Å². The molecule has 2 atom stereocenters. The molecule has 0 saturated carbocycles. The summed E-state index contributed by atoms with van der Waals surface area (Å²) in [5.41, 5.74) is 7.43. The normalized spacial score (nSPS) is 12.4. The van der Waals surface area contributed by atoms with E-state index in [1.807, 2.05) is 53.2 Å². The Morgan fingerprint density at radius 3 is 2.36 bits per heavy atom. The van der Waals surface area contributed by atoms with Gasteiger partial charge in [0.05, 0.1) is 21.5 Å². The first-order chi connectivity index (χ1) is 17.4. The minimum Gasteiger partial charge on any atom is -0.436 e. The number of nitrogens with one attached hydrogen (secondary N) is 1. The first-order valence-electron chi connectivity index (χ1n) is 10.9. The van der Waals surface area contributed by atoms with Crippen LogP contribution >= 0.6 is 22.7 Å². The Bertz CT molecular complexity index is 1320. The second-order valence-electron chi connectivity index (χ2n) is 7.86. The lowest BCUT2D eigenvalue weighted by molar-refractivity contribution is -0.384. The summed E-state index contributed by atoms with van der Waals surface area (Å²) in [7, 11) is 0. The number of nitrogens with two attached hydrogens (primary N) is 1. The topological polar surface area (TPSA) is 137 Å². The lowest BCUT2D eigenvalue weighted by Crippen LogP contribution is -2.42. The number of nitro benzene ring substituents is 1. The minimum atomic E-state index is -1.14. The molecule has 2 aromatic heterocycles. The van der Waals surface area contributed by atoms with E-state index in [9.17, 15) is 19.7 Å². The zero-order chi connectivity index (χ0) is 25.5. The number of hydrogen-bond acceptors (Lipinski definition) is 8. The van der Waals surface area contributed by atoms with Gasteiger partial charge in [-0.25, -0.2) is 9.78 Å². The van der Waals surface area contributed by atoms with Crippen LogP contribution in [0.5, 0.6) is 0 Å². The van der Waals surface area contributed by atoms with Crippen molar-refractivity contribution < 1.29 is 19.2 Å². The average Bonchev–Trinajstić information content (AvgIpc) is 3.56. The number of nitro groups is 1. The molecule has 4 aromatic rings. The van der Waals surface area contributed by atoms with Gasteiger partial charge in [-0.05, 0) is 29.0 Å². The molecule has 0 fully saturated rings. The first-order valence-corrected chi connectivity index (χ1v) is 12.7. The molecule has 9 nitrogen and oxygen atoms in total. The monoisotopic (exact) mass is 522 g/mol. The van der Waals surface area contributed by atoms with E-state index in [4.69, 9.17) is 15.5 Å². The summed E-state index contributed by atoms with van der Waals surface area (Å²) in [5.74, 6) is -0.518. The number of rotatable bonds is 10. The van der Waals surface area contributed by atoms with Crippen molar-refractivity contribution in [2.24, 2.45) is 5.73 Å². The van der Waals surface area contributed by atoms with Crippen molar-refractivity contribution in [1.82, 2.24) is 10.3 Å². The molecule has 0 radical (unpaired) electrons. The number of carbonyl (C=O) groups excluding carboxylic acids is 2. The highest BCUT2D eigenvalue weighted by Crippen LogP contribution is 2.31. The van der Waals surface area contributed by atoms with Gasteiger partial charge in [0.25, 0.3) is 11.6 Å². The van der Waals surface area contributed by atoms with Crippen molar-refractivity contribution in [2.45, 2.75) is 25.0 Å². The average molecular weight is 523 g/mol. The molecule has 3 N–H and O–H groups in total. The third-order valence-corrected chi connectivity index (χ3v) is 7.23. The number of benzene rings is 2. The third-order valence-electron chi connectivity index (χ3n) is 5.33. The van der Waals surface area contributed by atoms with E-state index in [1.54, 1.807) is 23.5 Å². The molecule has 4 rings (SSSR count). The minimum absolute atomic E-state index is 0.0224. The van der Waals surface area contributed by atoms with Gasteiger partial charge in [-0.1, -0.05) is 48.5 Å². The summed E-state index contributed by atoms with van der Waals surface area (Å²) in [4.78, 5) is 41.1. The third kappa shape index (κ3) is 6.52. The molecule has 0 saturated heterocycles. The van der Waals surface area contributed by atoms with Crippen molar-refractivity contribution in [2.75, 3.05) is 0 Å². The van der Waals surface area contributed by atoms with Crippen LogP contribution in [0.3, 0.4) is 0 Å². The molecule has 0 aliphatic carbocycles. The molecule has 0 aliphatic rings. The predicted molar refractivity (Wildman–Crippen MR) is 138 cm³/mol. The molecule has 11 heteroatoms. The van der Waals surface area contributed by atoms with E-state index in [2.05, 4.69) is 5.32 Å². The highest BCUT2D eigenvalue weighted by atomic mass is 32.1. The van der Waals surface area contributed by atoms with Crippen LogP contribution in [0.1, 0.15) is 22.9 Å². The summed E-state index contributed by atoms with van der Waals surface area (Å²) in [6, 6.07) is 18.6. The number of carbonyl (C=O) groups is 2. The number of ether oxygens (including phenoxy) is 1. The maximum atomic E-state index is 13.3. The Morgan fingerprint density at radius 2 is 1.72 bits per heavy atom. The zero-order valence-electron chi connectivity index (χ0n) is 18.9. The van der Waals surface area contributed by atoms with E-state index < -0.39 is 29.1 Å². The second-order valence-corrected chi connectivity index (χ2v) is 9.66. The molecule has 1 unspecified atom stereocenters. The summed E-state index contributed by atoms with van der Waals surface area (Å²) in [6.07, 6.45) is -1.71. The number of primary amides is 1. The highest BCUT2D eigenvalue weighted by molar-refractivity contribution is 7.20. The molecule has 0 bridgehead atoms. The molecular weight excluding hydrogens is 500 g/mol. The second kappa shape index (κ2) is 11.6. The van der Waals surface area contributed by atoms with Crippen LogP contribution in [0.15, 0.2) is 77.5 Å². The lowest BCUT2D eigenvalue weighted by Gasteiger charge is -2.22. The number of aromatic nitrogens is 1. The van der Waals surface area contributed by atoms with Gasteiger partial charge in [-0.2, -0.15) is 0 Å². The molecular formula is C25H22N4O5S2.